The number of halogens is 3. The number of carbonyl (C=O) groups is 2. The second-order valence-corrected chi connectivity index (χ2v) is 6.94. The Hall–Kier alpha value is -1.31. The Labute approximate surface area is 127 Å². The number of amides is 2. The summed E-state index contributed by atoms with van der Waals surface area (Å²) in [6.45, 7) is 4.03. The molecule has 22 heavy (non-hydrogen) atoms. The van der Waals surface area contributed by atoms with Gasteiger partial charge in [-0.2, -0.15) is 13.2 Å². The molecule has 2 amide bonds. The summed E-state index contributed by atoms with van der Waals surface area (Å²) in [5.74, 6) is -1.96. The molecule has 0 aromatic rings. The van der Waals surface area contributed by atoms with Gasteiger partial charge in [0.15, 0.2) is 0 Å². The van der Waals surface area contributed by atoms with Crippen LogP contribution in [0.3, 0.4) is 0 Å². The molecule has 1 heterocycles. The van der Waals surface area contributed by atoms with E-state index in [1.165, 1.54) is 0 Å². The van der Waals surface area contributed by atoms with Crippen LogP contribution >= 0.6 is 0 Å². The van der Waals surface area contributed by atoms with Gasteiger partial charge in [-0.05, 0) is 11.8 Å². The average molecular weight is 324 g/mol. The van der Waals surface area contributed by atoms with Gasteiger partial charge in [0.1, 0.15) is 6.54 Å². The maximum Gasteiger partial charge on any atom is 0.406 e. The molecule has 2 unspecified atom stereocenters. The van der Waals surface area contributed by atoms with Gasteiger partial charge < -0.3 is 15.3 Å². The third-order valence-electron chi connectivity index (χ3n) is 3.38. The molecule has 2 N–H and O–H groups in total. The van der Waals surface area contributed by atoms with Crippen LogP contribution in [0.1, 0.15) is 33.6 Å². The van der Waals surface area contributed by atoms with Crippen molar-refractivity contribution in [2.75, 3.05) is 19.7 Å². The standard InChI is InChI=1S/C14H23F3N2O3/c1-13(2,3)5-10(7-20)18-12(22)9-4-11(21)19(6-9)8-14(15,16)17/h9-10,20H,4-8H2,1-3H3,(H,18,22). The van der Waals surface area contributed by atoms with E-state index in [4.69, 9.17) is 0 Å². The highest BCUT2D eigenvalue weighted by Gasteiger charge is 2.40. The molecule has 1 rings (SSSR count). The summed E-state index contributed by atoms with van der Waals surface area (Å²) in [5.41, 5.74) is -0.117. The Morgan fingerprint density at radius 2 is 2.00 bits per heavy atom. The van der Waals surface area contributed by atoms with E-state index in [-0.39, 0.29) is 25.0 Å². The number of aliphatic hydroxyl groups is 1. The van der Waals surface area contributed by atoms with Gasteiger partial charge in [-0.1, -0.05) is 20.8 Å². The summed E-state index contributed by atoms with van der Waals surface area (Å²) in [4.78, 5) is 24.3. The largest absolute Gasteiger partial charge is 0.406 e. The molecule has 1 fully saturated rings. The van der Waals surface area contributed by atoms with Gasteiger partial charge >= 0.3 is 6.18 Å². The summed E-state index contributed by atoms with van der Waals surface area (Å²) in [6, 6.07) is -0.473. The van der Waals surface area contributed by atoms with E-state index >= 15 is 0 Å². The molecule has 0 aromatic carbocycles. The minimum Gasteiger partial charge on any atom is -0.394 e. The Bertz CT molecular complexity index is 419. The van der Waals surface area contributed by atoms with E-state index in [0.29, 0.717) is 11.3 Å². The van der Waals surface area contributed by atoms with Gasteiger partial charge in [0, 0.05) is 13.0 Å². The van der Waals surface area contributed by atoms with Gasteiger partial charge in [-0.25, -0.2) is 0 Å². The minimum atomic E-state index is -4.47. The van der Waals surface area contributed by atoms with Crippen LogP contribution in [0.15, 0.2) is 0 Å². The van der Waals surface area contributed by atoms with Crippen molar-refractivity contribution in [3.05, 3.63) is 0 Å². The summed E-state index contributed by atoms with van der Waals surface area (Å²) in [5, 5.41) is 11.9. The lowest BCUT2D eigenvalue weighted by molar-refractivity contribution is -0.157. The zero-order valence-corrected chi connectivity index (χ0v) is 13.0. The lowest BCUT2D eigenvalue weighted by Gasteiger charge is -2.26. The van der Waals surface area contributed by atoms with Crippen LogP contribution in [0.2, 0.25) is 0 Å². The molecule has 0 saturated carbocycles. The zero-order chi connectivity index (χ0) is 17.1. The van der Waals surface area contributed by atoms with E-state index in [1.54, 1.807) is 0 Å². The zero-order valence-electron chi connectivity index (χ0n) is 13.0. The Morgan fingerprint density at radius 1 is 1.41 bits per heavy atom. The minimum absolute atomic E-state index is 0.117. The maximum atomic E-state index is 12.3. The van der Waals surface area contributed by atoms with Crippen LogP contribution in [0.4, 0.5) is 13.2 Å². The molecule has 0 spiro atoms. The predicted molar refractivity (Wildman–Crippen MR) is 73.8 cm³/mol. The fourth-order valence-electron chi connectivity index (χ4n) is 2.54. The van der Waals surface area contributed by atoms with Gasteiger partial charge in [-0.15, -0.1) is 0 Å². The highest BCUT2D eigenvalue weighted by Crippen LogP contribution is 2.25. The highest BCUT2D eigenvalue weighted by molar-refractivity contribution is 5.89. The molecule has 1 aliphatic rings. The first-order valence-electron chi connectivity index (χ1n) is 7.17. The van der Waals surface area contributed by atoms with Gasteiger partial charge in [0.2, 0.25) is 11.8 Å². The van der Waals surface area contributed by atoms with Crippen LogP contribution < -0.4 is 5.32 Å². The first-order chi connectivity index (χ1) is 9.91. The maximum absolute atomic E-state index is 12.3. The van der Waals surface area contributed by atoms with Crippen molar-refractivity contribution in [2.24, 2.45) is 11.3 Å². The molecule has 1 aliphatic heterocycles. The summed E-state index contributed by atoms with van der Waals surface area (Å²) in [7, 11) is 0. The molecule has 128 valence electrons. The Kier molecular flexibility index (Phi) is 5.83. The van der Waals surface area contributed by atoms with Crippen molar-refractivity contribution in [1.29, 1.82) is 0 Å². The number of alkyl halides is 3. The Morgan fingerprint density at radius 3 is 2.45 bits per heavy atom. The van der Waals surface area contributed by atoms with E-state index in [1.807, 2.05) is 20.8 Å². The summed E-state index contributed by atoms with van der Waals surface area (Å²) < 4.78 is 37.0. The number of carbonyl (C=O) groups excluding carboxylic acids is 2. The first kappa shape index (κ1) is 18.7. The van der Waals surface area contributed by atoms with Gasteiger partial charge in [0.25, 0.3) is 0 Å². The number of likely N-dealkylation sites (tertiary alicyclic amines) is 1. The topological polar surface area (TPSA) is 69.6 Å². The lowest BCUT2D eigenvalue weighted by Crippen LogP contribution is -2.44. The molecular formula is C14H23F3N2O3. The molecule has 0 bridgehead atoms. The number of aliphatic hydroxyl groups excluding tert-OH is 1. The highest BCUT2D eigenvalue weighted by atomic mass is 19.4. The van der Waals surface area contributed by atoms with E-state index in [0.717, 1.165) is 0 Å². The van der Waals surface area contributed by atoms with Crippen molar-refractivity contribution in [2.45, 2.75) is 45.8 Å². The second kappa shape index (κ2) is 6.85. The smallest absolute Gasteiger partial charge is 0.394 e. The summed E-state index contributed by atoms with van der Waals surface area (Å²) >= 11 is 0. The number of nitrogens with one attached hydrogen (secondary N) is 1. The third-order valence-corrected chi connectivity index (χ3v) is 3.38. The van der Waals surface area contributed by atoms with Crippen LogP contribution in [-0.4, -0.2) is 53.7 Å². The van der Waals surface area contributed by atoms with Crippen LogP contribution in [0.5, 0.6) is 0 Å². The van der Waals surface area contributed by atoms with Crippen molar-refractivity contribution in [3.63, 3.8) is 0 Å². The van der Waals surface area contributed by atoms with E-state index in [2.05, 4.69) is 5.32 Å². The second-order valence-electron chi connectivity index (χ2n) is 6.94. The SMILES string of the molecule is CC(C)(C)CC(CO)NC(=O)C1CC(=O)N(CC(F)(F)F)C1. The molecule has 0 radical (unpaired) electrons. The quantitative estimate of drug-likeness (QED) is 0.801. The molecule has 2 atom stereocenters. The monoisotopic (exact) mass is 324 g/mol. The fraction of sp³-hybridized carbons (Fsp3) is 0.857. The van der Waals surface area contributed by atoms with Crippen molar-refractivity contribution in [1.82, 2.24) is 10.2 Å². The molecule has 0 aliphatic carbocycles. The van der Waals surface area contributed by atoms with Gasteiger partial charge in [0.05, 0.1) is 18.6 Å². The van der Waals surface area contributed by atoms with Gasteiger partial charge in [-0.3, -0.25) is 9.59 Å². The molecule has 1 saturated heterocycles. The van der Waals surface area contributed by atoms with Crippen LogP contribution in [-0.2, 0) is 9.59 Å². The average Bonchev–Trinajstić information content (AvgIpc) is 2.66. The van der Waals surface area contributed by atoms with Crippen molar-refractivity contribution in [3.8, 4) is 0 Å². The third kappa shape index (κ3) is 6.21. The number of rotatable bonds is 5. The number of hydrogen-bond donors (Lipinski definition) is 2. The molecule has 0 aromatic heterocycles. The van der Waals surface area contributed by atoms with Crippen molar-refractivity contribution < 1.29 is 27.9 Å². The van der Waals surface area contributed by atoms with E-state index in [9.17, 15) is 27.9 Å². The number of hydrogen-bond acceptors (Lipinski definition) is 3. The van der Waals surface area contributed by atoms with E-state index < -0.39 is 36.5 Å². The van der Waals surface area contributed by atoms with Crippen LogP contribution in [0.25, 0.3) is 0 Å². The van der Waals surface area contributed by atoms with Crippen molar-refractivity contribution >= 4 is 11.8 Å². The molecule has 5 nitrogen and oxygen atoms in total. The molecule has 8 heteroatoms. The predicted octanol–water partition coefficient (Wildman–Crippen LogP) is 1.31. The number of nitrogens with zero attached hydrogens (tertiary/aromatic N) is 1. The Balaban J connectivity index is 2.58. The fourth-order valence-corrected chi connectivity index (χ4v) is 2.54. The van der Waals surface area contributed by atoms with Crippen LogP contribution in [0, 0.1) is 11.3 Å². The summed E-state index contributed by atoms with van der Waals surface area (Å²) in [6.07, 6.45) is -4.17. The lowest BCUT2D eigenvalue weighted by atomic mass is 9.88. The first-order valence-corrected chi connectivity index (χ1v) is 7.17. The molecular weight excluding hydrogens is 301 g/mol. The normalized spacial score (nSPS) is 21.1.